The molecule has 2 N–H and O–H groups in total. The van der Waals surface area contributed by atoms with E-state index in [4.69, 9.17) is 11.6 Å². The number of rotatable bonds is 4. The van der Waals surface area contributed by atoms with Crippen LogP contribution in [0.2, 0.25) is 5.02 Å². The molecule has 7 nitrogen and oxygen atoms in total. The molecule has 0 aliphatic rings. The Hall–Kier alpha value is -2.93. The zero-order valence-corrected chi connectivity index (χ0v) is 11.8. The molecular formula is C14H10ClN3O4. The molecule has 22 heavy (non-hydrogen) atoms. The first kappa shape index (κ1) is 15.5. The van der Waals surface area contributed by atoms with E-state index < -0.39 is 10.8 Å². The standard InChI is InChI=1S/C14H10ClN3O4/c15-12-4-2-1-3-11(12)14(20)17-16-8-9-7-10(18(21)22)5-6-13(9)19/h1-8,19H,(H,17,20)/b16-8+. The summed E-state index contributed by atoms with van der Waals surface area (Å²) in [7, 11) is 0. The molecule has 0 aliphatic carbocycles. The summed E-state index contributed by atoms with van der Waals surface area (Å²) in [4.78, 5) is 21.9. The van der Waals surface area contributed by atoms with Crippen molar-refractivity contribution in [3.63, 3.8) is 0 Å². The molecule has 0 spiro atoms. The number of hydrazone groups is 1. The average molecular weight is 320 g/mol. The van der Waals surface area contributed by atoms with Crippen LogP contribution in [0, 0.1) is 10.1 Å². The molecule has 1 amide bonds. The molecule has 2 rings (SSSR count). The van der Waals surface area contributed by atoms with Crippen LogP contribution in [0.1, 0.15) is 15.9 Å². The molecule has 0 bridgehead atoms. The van der Waals surface area contributed by atoms with E-state index in [2.05, 4.69) is 10.5 Å². The molecule has 0 atom stereocenters. The Labute approximate surface area is 130 Å². The minimum atomic E-state index is -0.598. The monoisotopic (exact) mass is 319 g/mol. The van der Waals surface area contributed by atoms with E-state index in [9.17, 15) is 20.0 Å². The number of carbonyl (C=O) groups is 1. The third-order valence-electron chi connectivity index (χ3n) is 2.71. The summed E-state index contributed by atoms with van der Waals surface area (Å²) >= 11 is 5.87. The van der Waals surface area contributed by atoms with Crippen molar-refractivity contribution in [3.8, 4) is 5.75 Å². The second-order valence-corrected chi connectivity index (χ2v) is 4.59. The fourth-order valence-corrected chi connectivity index (χ4v) is 1.85. The Morgan fingerprint density at radius 3 is 2.73 bits per heavy atom. The fraction of sp³-hybridized carbons (Fsp3) is 0. The first-order valence-electron chi connectivity index (χ1n) is 6.04. The molecule has 0 radical (unpaired) electrons. The van der Waals surface area contributed by atoms with Crippen molar-refractivity contribution < 1.29 is 14.8 Å². The van der Waals surface area contributed by atoms with Crippen LogP contribution in [-0.4, -0.2) is 22.2 Å². The van der Waals surface area contributed by atoms with E-state index >= 15 is 0 Å². The van der Waals surface area contributed by atoms with E-state index in [0.717, 1.165) is 18.3 Å². The zero-order chi connectivity index (χ0) is 16.1. The first-order valence-corrected chi connectivity index (χ1v) is 6.42. The Morgan fingerprint density at radius 2 is 2.05 bits per heavy atom. The van der Waals surface area contributed by atoms with Crippen LogP contribution >= 0.6 is 11.6 Å². The highest BCUT2D eigenvalue weighted by Crippen LogP contribution is 2.21. The Bertz CT molecular complexity index is 762. The van der Waals surface area contributed by atoms with Crippen LogP contribution in [0.3, 0.4) is 0 Å². The summed E-state index contributed by atoms with van der Waals surface area (Å²) in [5.41, 5.74) is 2.38. The van der Waals surface area contributed by atoms with Gasteiger partial charge in [0.15, 0.2) is 0 Å². The third-order valence-corrected chi connectivity index (χ3v) is 3.04. The van der Waals surface area contributed by atoms with Gasteiger partial charge in [-0.25, -0.2) is 5.43 Å². The van der Waals surface area contributed by atoms with Gasteiger partial charge in [0, 0.05) is 17.7 Å². The number of nitrogens with zero attached hydrogens (tertiary/aromatic N) is 2. The molecule has 8 heteroatoms. The molecule has 2 aromatic rings. The largest absolute Gasteiger partial charge is 0.507 e. The van der Waals surface area contributed by atoms with E-state index in [-0.39, 0.29) is 27.6 Å². The number of carbonyl (C=O) groups excluding carboxylic acids is 1. The van der Waals surface area contributed by atoms with E-state index in [1.807, 2.05) is 0 Å². The summed E-state index contributed by atoms with van der Waals surface area (Å²) < 4.78 is 0. The number of hydrogen-bond donors (Lipinski definition) is 2. The molecule has 2 aromatic carbocycles. The lowest BCUT2D eigenvalue weighted by Gasteiger charge is -2.02. The molecule has 0 fully saturated rings. The van der Waals surface area contributed by atoms with E-state index in [1.165, 1.54) is 12.1 Å². The van der Waals surface area contributed by atoms with Crippen molar-refractivity contribution in [1.29, 1.82) is 0 Å². The van der Waals surface area contributed by atoms with E-state index in [1.54, 1.807) is 18.2 Å². The number of hydrogen-bond acceptors (Lipinski definition) is 5. The smallest absolute Gasteiger partial charge is 0.272 e. The van der Waals surface area contributed by atoms with Gasteiger partial charge in [-0.2, -0.15) is 5.10 Å². The van der Waals surface area contributed by atoms with Crippen LogP contribution in [-0.2, 0) is 0 Å². The molecule has 112 valence electrons. The van der Waals surface area contributed by atoms with Gasteiger partial charge in [0.25, 0.3) is 11.6 Å². The molecule has 0 unspecified atom stereocenters. The summed E-state index contributed by atoms with van der Waals surface area (Å²) in [5.74, 6) is -0.729. The molecule has 0 aliphatic heterocycles. The Morgan fingerprint density at radius 1 is 1.32 bits per heavy atom. The lowest BCUT2D eigenvalue weighted by molar-refractivity contribution is -0.384. The van der Waals surface area contributed by atoms with Gasteiger partial charge in [0.1, 0.15) is 5.75 Å². The van der Waals surface area contributed by atoms with Crippen LogP contribution < -0.4 is 5.43 Å². The zero-order valence-electron chi connectivity index (χ0n) is 11.1. The predicted molar refractivity (Wildman–Crippen MR) is 81.3 cm³/mol. The van der Waals surface area contributed by atoms with Crippen LogP contribution in [0.4, 0.5) is 5.69 Å². The molecule has 0 saturated heterocycles. The van der Waals surface area contributed by atoms with E-state index in [0.29, 0.717) is 0 Å². The quantitative estimate of drug-likeness (QED) is 0.513. The fourth-order valence-electron chi connectivity index (χ4n) is 1.62. The maximum absolute atomic E-state index is 11.8. The van der Waals surface area contributed by atoms with Crippen LogP contribution in [0.25, 0.3) is 0 Å². The second kappa shape index (κ2) is 6.68. The number of phenolic OH excluding ortho intramolecular Hbond substituents is 1. The normalized spacial score (nSPS) is 10.6. The van der Waals surface area contributed by atoms with Crippen LogP contribution in [0.5, 0.6) is 5.75 Å². The number of nitrogens with one attached hydrogen (secondary N) is 1. The van der Waals surface area contributed by atoms with Crippen LogP contribution in [0.15, 0.2) is 47.6 Å². The summed E-state index contributed by atoms with van der Waals surface area (Å²) in [6.45, 7) is 0. The Kier molecular flexibility index (Phi) is 4.70. The topological polar surface area (TPSA) is 105 Å². The molecule has 0 saturated carbocycles. The van der Waals surface area contributed by atoms with Crippen molar-refractivity contribution in [1.82, 2.24) is 5.43 Å². The highest BCUT2D eigenvalue weighted by atomic mass is 35.5. The highest BCUT2D eigenvalue weighted by Gasteiger charge is 2.10. The summed E-state index contributed by atoms with van der Waals surface area (Å²) in [6.07, 6.45) is 1.11. The summed E-state index contributed by atoms with van der Waals surface area (Å²) in [6, 6.07) is 9.90. The second-order valence-electron chi connectivity index (χ2n) is 4.18. The number of nitro benzene ring substituents is 1. The maximum atomic E-state index is 11.8. The average Bonchev–Trinajstić information content (AvgIpc) is 2.49. The lowest BCUT2D eigenvalue weighted by Crippen LogP contribution is -2.17. The lowest BCUT2D eigenvalue weighted by atomic mass is 10.2. The third kappa shape index (κ3) is 3.58. The van der Waals surface area contributed by atoms with Crippen molar-refractivity contribution in [3.05, 3.63) is 68.7 Å². The van der Waals surface area contributed by atoms with Crippen molar-refractivity contribution in [2.75, 3.05) is 0 Å². The number of amides is 1. The minimum absolute atomic E-state index is 0.105. The molecular weight excluding hydrogens is 310 g/mol. The van der Waals surface area contributed by atoms with Gasteiger partial charge in [-0.05, 0) is 18.2 Å². The SMILES string of the molecule is O=C(N/N=C/c1cc([N+](=O)[O-])ccc1O)c1ccccc1Cl. The number of non-ortho nitro benzene ring substituents is 1. The number of phenols is 1. The predicted octanol–water partition coefficient (Wildman–Crippen LogP) is 2.72. The van der Waals surface area contributed by atoms with Gasteiger partial charge in [-0.3, -0.25) is 14.9 Å². The first-order chi connectivity index (χ1) is 10.5. The minimum Gasteiger partial charge on any atom is -0.507 e. The number of nitro groups is 1. The van der Waals surface area contributed by atoms with Gasteiger partial charge in [-0.15, -0.1) is 0 Å². The Balaban J connectivity index is 2.13. The van der Waals surface area contributed by atoms with Gasteiger partial charge in [0.05, 0.1) is 21.7 Å². The van der Waals surface area contributed by atoms with Gasteiger partial charge >= 0.3 is 0 Å². The highest BCUT2D eigenvalue weighted by molar-refractivity contribution is 6.33. The number of halogens is 1. The van der Waals surface area contributed by atoms with Gasteiger partial charge in [0.2, 0.25) is 0 Å². The number of benzene rings is 2. The molecule has 0 aromatic heterocycles. The van der Waals surface area contributed by atoms with Gasteiger partial charge in [-0.1, -0.05) is 23.7 Å². The van der Waals surface area contributed by atoms with Crippen molar-refractivity contribution in [2.45, 2.75) is 0 Å². The molecule has 0 heterocycles. The number of aromatic hydroxyl groups is 1. The van der Waals surface area contributed by atoms with Crippen molar-refractivity contribution in [2.24, 2.45) is 5.10 Å². The van der Waals surface area contributed by atoms with Gasteiger partial charge < -0.3 is 5.11 Å². The summed E-state index contributed by atoms with van der Waals surface area (Å²) in [5, 5.41) is 24.2. The maximum Gasteiger partial charge on any atom is 0.272 e. The van der Waals surface area contributed by atoms with Crippen molar-refractivity contribution >= 4 is 29.4 Å².